The number of halogens is 1. The first-order valence-corrected chi connectivity index (χ1v) is 7.39. The van der Waals surface area contributed by atoms with Gasteiger partial charge in [0.25, 0.3) is 0 Å². The summed E-state index contributed by atoms with van der Waals surface area (Å²) < 4.78 is 13.4. The van der Waals surface area contributed by atoms with Gasteiger partial charge in [-0.3, -0.25) is 9.80 Å². The molecular formula is C15H24BFN2O2. The normalized spacial score (nSPS) is 18.0. The van der Waals surface area contributed by atoms with Crippen LogP contribution in [0, 0.1) is 5.82 Å². The fraction of sp³-hybridized carbons (Fsp3) is 0.600. The predicted octanol–water partition coefficient (Wildman–Crippen LogP) is 0.422. The molecule has 0 spiro atoms. The molecule has 4 nitrogen and oxygen atoms in total. The van der Waals surface area contributed by atoms with E-state index < -0.39 is 12.9 Å². The van der Waals surface area contributed by atoms with Gasteiger partial charge in [-0.05, 0) is 32.4 Å². The van der Waals surface area contributed by atoms with E-state index in [2.05, 4.69) is 30.6 Å². The van der Waals surface area contributed by atoms with E-state index in [1.807, 2.05) is 0 Å². The summed E-state index contributed by atoms with van der Waals surface area (Å²) in [5, 5.41) is 18.3. The third kappa shape index (κ3) is 4.26. The Morgan fingerprint density at radius 3 is 2.29 bits per heavy atom. The van der Waals surface area contributed by atoms with E-state index in [9.17, 15) is 4.39 Å². The molecule has 0 aromatic heterocycles. The van der Waals surface area contributed by atoms with Gasteiger partial charge in [0.05, 0.1) is 0 Å². The number of hydrogen-bond acceptors (Lipinski definition) is 4. The molecule has 0 bridgehead atoms. The summed E-state index contributed by atoms with van der Waals surface area (Å²) in [6.45, 7) is 11.3. The Balaban J connectivity index is 1.96. The summed E-state index contributed by atoms with van der Waals surface area (Å²) in [6.07, 6.45) is 0. The molecule has 1 aromatic carbocycles. The van der Waals surface area contributed by atoms with Gasteiger partial charge in [-0.25, -0.2) is 4.39 Å². The van der Waals surface area contributed by atoms with Gasteiger partial charge in [0.1, 0.15) is 5.82 Å². The summed E-state index contributed by atoms with van der Waals surface area (Å²) in [6, 6.07) is 4.54. The molecule has 1 aliphatic heterocycles. The first-order valence-electron chi connectivity index (χ1n) is 7.39. The van der Waals surface area contributed by atoms with E-state index in [1.165, 1.54) is 12.1 Å². The standard InChI is InChI=1S/C15H24BFN2O2/c1-15(2,3)19-8-6-18(7-9-19)11-12-4-5-14(17)13(10-12)16(20)21/h4-5,10,20-21H,6-9,11H2,1-3H3. The fourth-order valence-corrected chi connectivity index (χ4v) is 2.72. The minimum absolute atomic E-state index is 0.0548. The van der Waals surface area contributed by atoms with Gasteiger partial charge >= 0.3 is 7.12 Å². The Bertz CT molecular complexity index is 483. The summed E-state index contributed by atoms with van der Waals surface area (Å²) in [5.41, 5.74) is 1.04. The summed E-state index contributed by atoms with van der Waals surface area (Å²) in [5.74, 6) is -0.577. The Morgan fingerprint density at radius 1 is 1.14 bits per heavy atom. The Labute approximate surface area is 126 Å². The highest BCUT2D eigenvalue weighted by molar-refractivity contribution is 6.58. The number of hydrogen-bond donors (Lipinski definition) is 2. The fourth-order valence-electron chi connectivity index (χ4n) is 2.72. The zero-order valence-corrected chi connectivity index (χ0v) is 13.0. The van der Waals surface area contributed by atoms with Crippen LogP contribution in [0.5, 0.6) is 0 Å². The molecule has 0 aliphatic carbocycles. The van der Waals surface area contributed by atoms with Crippen LogP contribution in [0.15, 0.2) is 18.2 Å². The van der Waals surface area contributed by atoms with Crippen LogP contribution in [0.25, 0.3) is 0 Å². The lowest BCUT2D eigenvalue weighted by Gasteiger charge is -2.42. The molecule has 0 saturated carbocycles. The van der Waals surface area contributed by atoms with Gasteiger partial charge in [0.15, 0.2) is 0 Å². The SMILES string of the molecule is CC(C)(C)N1CCN(Cc2ccc(F)c(B(O)O)c2)CC1. The third-order valence-electron chi connectivity index (χ3n) is 4.07. The van der Waals surface area contributed by atoms with Crippen LogP contribution < -0.4 is 5.46 Å². The van der Waals surface area contributed by atoms with Gasteiger partial charge in [-0.15, -0.1) is 0 Å². The van der Waals surface area contributed by atoms with Crippen LogP contribution in [0.4, 0.5) is 4.39 Å². The van der Waals surface area contributed by atoms with Gasteiger partial charge in [0.2, 0.25) is 0 Å². The molecule has 0 radical (unpaired) electrons. The second-order valence-electron chi connectivity index (χ2n) is 6.66. The molecule has 1 saturated heterocycles. The Hall–Kier alpha value is -0.945. The quantitative estimate of drug-likeness (QED) is 0.793. The van der Waals surface area contributed by atoms with Crippen molar-refractivity contribution in [1.29, 1.82) is 0 Å². The summed E-state index contributed by atoms with van der Waals surface area (Å²) in [4.78, 5) is 4.76. The van der Waals surface area contributed by atoms with Crippen LogP contribution in [0.2, 0.25) is 0 Å². The minimum Gasteiger partial charge on any atom is -0.423 e. The van der Waals surface area contributed by atoms with Crippen molar-refractivity contribution < 1.29 is 14.4 Å². The zero-order chi connectivity index (χ0) is 15.6. The minimum atomic E-state index is -1.76. The lowest BCUT2D eigenvalue weighted by molar-refractivity contribution is 0.0591. The van der Waals surface area contributed by atoms with E-state index in [-0.39, 0.29) is 11.0 Å². The molecule has 0 amide bonds. The molecule has 1 heterocycles. The molecule has 2 N–H and O–H groups in total. The molecule has 0 unspecified atom stereocenters. The van der Waals surface area contributed by atoms with E-state index in [0.29, 0.717) is 6.54 Å². The van der Waals surface area contributed by atoms with E-state index in [1.54, 1.807) is 6.07 Å². The molecule has 6 heteroatoms. The number of benzene rings is 1. The molecule has 116 valence electrons. The topological polar surface area (TPSA) is 46.9 Å². The van der Waals surface area contributed by atoms with E-state index in [0.717, 1.165) is 31.7 Å². The highest BCUT2D eigenvalue weighted by atomic mass is 19.1. The molecular weight excluding hydrogens is 270 g/mol. The van der Waals surface area contributed by atoms with Crippen molar-refractivity contribution in [2.75, 3.05) is 26.2 Å². The largest absolute Gasteiger partial charge is 0.491 e. The van der Waals surface area contributed by atoms with Gasteiger partial charge < -0.3 is 10.0 Å². The van der Waals surface area contributed by atoms with Crippen molar-refractivity contribution in [3.05, 3.63) is 29.6 Å². The number of rotatable bonds is 3. The van der Waals surface area contributed by atoms with Crippen molar-refractivity contribution in [2.45, 2.75) is 32.9 Å². The maximum atomic E-state index is 13.4. The second kappa shape index (κ2) is 6.44. The highest BCUT2D eigenvalue weighted by Gasteiger charge is 2.26. The zero-order valence-electron chi connectivity index (χ0n) is 13.0. The van der Waals surface area contributed by atoms with Gasteiger partial charge in [-0.1, -0.05) is 12.1 Å². The molecule has 1 aliphatic rings. The van der Waals surface area contributed by atoms with Crippen molar-refractivity contribution in [3.8, 4) is 0 Å². The third-order valence-corrected chi connectivity index (χ3v) is 4.07. The summed E-state index contributed by atoms with van der Waals surface area (Å²) >= 11 is 0. The Kier molecular flexibility index (Phi) is 5.04. The molecule has 0 atom stereocenters. The van der Waals surface area contributed by atoms with Crippen molar-refractivity contribution >= 4 is 12.6 Å². The maximum Gasteiger partial charge on any atom is 0.491 e. The monoisotopic (exact) mass is 294 g/mol. The molecule has 21 heavy (non-hydrogen) atoms. The van der Waals surface area contributed by atoms with Gasteiger partial charge in [0, 0.05) is 43.7 Å². The first-order chi connectivity index (χ1) is 9.77. The average Bonchev–Trinajstić information content (AvgIpc) is 2.40. The van der Waals surface area contributed by atoms with Crippen molar-refractivity contribution in [1.82, 2.24) is 9.80 Å². The average molecular weight is 294 g/mol. The van der Waals surface area contributed by atoms with Crippen molar-refractivity contribution in [2.24, 2.45) is 0 Å². The predicted molar refractivity (Wildman–Crippen MR) is 82.8 cm³/mol. The lowest BCUT2D eigenvalue weighted by atomic mass is 9.79. The van der Waals surface area contributed by atoms with Gasteiger partial charge in [-0.2, -0.15) is 0 Å². The molecule has 1 aromatic rings. The lowest BCUT2D eigenvalue weighted by Crippen LogP contribution is -2.53. The van der Waals surface area contributed by atoms with Crippen LogP contribution in [-0.4, -0.2) is 58.7 Å². The first kappa shape index (κ1) is 16.4. The van der Waals surface area contributed by atoms with Crippen molar-refractivity contribution in [3.63, 3.8) is 0 Å². The van der Waals surface area contributed by atoms with E-state index in [4.69, 9.17) is 10.0 Å². The van der Waals surface area contributed by atoms with Crippen LogP contribution in [-0.2, 0) is 6.54 Å². The molecule has 2 rings (SSSR count). The van der Waals surface area contributed by atoms with Crippen LogP contribution in [0.3, 0.4) is 0 Å². The maximum absolute atomic E-state index is 13.4. The highest BCUT2D eigenvalue weighted by Crippen LogP contribution is 2.17. The Morgan fingerprint density at radius 2 is 1.76 bits per heavy atom. The number of piperazine rings is 1. The molecule has 1 fully saturated rings. The number of nitrogens with zero attached hydrogens (tertiary/aromatic N) is 2. The van der Waals surface area contributed by atoms with E-state index >= 15 is 0 Å². The smallest absolute Gasteiger partial charge is 0.423 e. The van der Waals surface area contributed by atoms with Crippen LogP contribution >= 0.6 is 0 Å². The second-order valence-corrected chi connectivity index (χ2v) is 6.66. The van der Waals surface area contributed by atoms with Crippen LogP contribution in [0.1, 0.15) is 26.3 Å². The summed E-state index contributed by atoms with van der Waals surface area (Å²) in [7, 11) is -1.76.